The Kier molecular flexibility index (Phi) is 8.08. The summed E-state index contributed by atoms with van der Waals surface area (Å²) in [6, 6.07) is 66.1. The Morgan fingerprint density at radius 3 is 1.44 bits per heavy atom. The first-order valence-corrected chi connectivity index (χ1v) is 18.3. The number of benzene rings is 7. The number of hydrogen-bond acceptors (Lipinski definition) is 5. The van der Waals surface area contributed by atoms with Gasteiger partial charge in [-0.3, -0.25) is 0 Å². The average molecular weight is 705 g/mol. The van der Waals surface area contributed by atoms with Crippen LogP contribution in [0.1, 0.15) is 0 Å². The molecule has 10 rings (SSSR count). The molecule has 5 heteroatoms. The molecule has 5 nitrogen and oxygen atoms in total. The topological polar surface area (TPSA) is 64.7 Å². The summed E-state index contributed by atoms with van der Waals surface area (Å²) in [5.41, 5.74) is 11.5. The van der Waals surface area contributed by atoms with Crippen molar-refractivity contribution in [3.05, 3.63) is 194 Å². The molecular weight excluding hydrogens is 673 g/mol. The summed E-state index contributed by atoms with van der Waals surface area (Å²) in [6.07, 6.45) is 0. The average Bonchev–Trinajstić information content (AvgIpc) is 3.69. The second kappa shape index (κ2) is 13.8. The SMILES string of the molecule is c1ccc(-c2ccc(-c3nc(-c4ccccc4)nc(-c4cccc(-c5oc6c(c(-c7ccccc7)nc7ccccc76)c5-c5ccccc5)c4)n3)cc2)cc1. The zero-order valence-electron chi connectivity index (χ0n) is 29.7. The second-order valence-corrected chi connectivity index (χ2v) is 13.4. The van der Waals surface area contributed by atoms with Crippen LogP contribution in [0, 0.1) is 0 Å². The first-order chi connectivity index (χ1) is 27.3. The number of rotatable bonds is 7. The zero-order valence-corrected chi connectivity index (χ0v) is 29.7. The molecule has 0 bridgehead atoms. The van der Waals surface area contributed by atoms with E-state index in [9.17, 15) is 0 Å². The zero-order chi connectivity index (χ0) is 36.6. The van der Waals surface area contributed by atoms with Crippen LogP contribution in [0.4, 0.5) is 0 Å². The number of aromatic nitrogens is 4. The second-order valence-electron chi connectivity index (χ2n) is 13.4. The molecule has 258 valence electrons. The molecule has 0 atom stereocenters. The molecule has 0 spiro atoms. The third-order valence-electron chi connectivity index (χ3n) is 9.94. The summed E-state index contributed by atoms with van der Waals surface area (Å²) in [5.74, 6) is 2.55. The lowest BCUT2D eigenvalue weighted by Crippen LogP contribution is -2.00. The maximum Gasteiger partial charge on any atom is 0.164 e. The molecule has 10 aromatic rings. The standard InChI is InChI=1S/C50H32N4O/c1-5-16-33(17-6-1)34-28-30-38(31-29-34)49-52-48(37-22-11-4-12-23-37)53-50(54-49)40-25-15-24-39(32-40)46-43(35-18-7-2-8-19-35)44-45(36-20-9-3-10-21-36)51-42-27-14-13-26-41(42)47(44)55-46/h1-32H. The van der Waals surface area contributed by atoms with Crippen molar-refractivity contribution in [1.29, 1.82) is 0 Å². The molecule has 3 aromatic heterocycles. The van der Waals surface area contributed by atoms with E-state index in [1.54, 1.807) is 0 Å². The van der Waals surface area contributed by atoms with Crippen molar-refractivity contribution in [2.24, 2.45) is 0 Å². The normalized spacial score (nSPS) is 11.3. The highest BCUT2D eigenvalue weighted by Gasteiger charge is 2.25. The van der Waals surface area contributed by atoms with Gasteiger partial charge in [-0.25, -0.2) is 19.9 Å². The minimum absolute atomic E-state index is 0.576. The van der Waals surface area contributed by atoms with E-state index in [1.807, 2.05) is 78.9 Å². The van der Waals surface area contributed by atoms with Crippen molar-refractivity contribution in [2.75, 3.05) is 0 Å². The fraction of sp³-hybridized carbons (Fsp3) is 0. The van der Waals surface area contributed by atoms with Gasteiger partial charge in [0.2, 0.25) is 0 Å². The van der Waals surface area contributed by atoms with Crippen molar-refractivity contribution in [3.8, 4) is 79.0 Å². The van der Waals surface area contributed by atoms with Crippen LogP contribution in [-0.4, -0.2) is 19.9 Å². The van der Waals surface area contributed by atoms with Gasteiger partial charge in [-0.05, 0) is 34.9 Å². The molecule has 0 saturated heterocycles. The third kappa shape index (κ3) is 6.04. The molecule has 0 fully saturated rings. The van der Waals surface area contributed by atoms with Crippen LogP contribution in [0.25, 0.3) is 101 Å². The van der Waals surface area contributed by atoms with E-state index in [4.69, 9.17) is 24.4 Å². The Bertz CT molecular complexity index is 2940. The molecule has 55 heavy (non-hydrogen) atoms. The molecule has 0 aliphatic rings. The molecule has 0 radical (unpaired) electrons. The summed E-state index contributed by atoms with van der Waals surface area (Å²) in [5, 5.41) is 1.94. The minimum Gasteiger partial charge on any atom is -0.455 e. The maximum absolute atomic E-state index is 7.05. The highest BCUT2D eigenvalue weighted by molar-refractivity contribution is 6.16. The smallest absolute Gasteiger partial charge is 0.164 e. The van der Waals surface area contributed by atoms with Crippen molar-refractivity contribution in [3.63, 3.8) is 0 Å². The fourth-order valence-electron chi connectivity index (χ4n) is 7.27. The highest BCUT2D eigenvalue weighted by atomic mass is 16.3. The first-order valence-electron chi connectivity index (χ1n) is 18.3. The molecule has 0 N–H and O–H groups in total. The number of furan rings is 1. The quantitative estimate of drug-likeness (QED) is 0.165. The van der Waals surface area contributed by atoms with E-state index in [0.717, 1.165) is 83.4 Å². The summed E-state index contributed by atoms with van der Waals surface area (Å²) < 4.78 is 7.05. The number of para-hydroxylation sites is 1. The molecular formula is C50H32N4O. The summed E-state index contributed by atoms with van der Waals surface area (Å²) in [6.45, 7) is 0. The van der Waals surface area contributed by atoms with Gasteiger partial charge in [0.05, 0.1) is 16.6 Å². The van der Waals surface area contributed by atoms with Gasteiger partial charge in [0.1, 0.15) is 11.3 Å². The minimum atomic E-state index is 0.576. The van der Waals surface area contributed by atoms with E-state index < -0.39 is 0 Å². The fourth-order valence-corrected chi connectivity index (χ4v) is 7.27. The molecule has 0 aliphatic heterocycles. The van der Waals surface area contributed by atoms with Gasteiger partial charge >= 0.3 is 0 Å². The first kappa shape index (κ1) is 32.2. The summed E-state index contributed by atoms with van der Waals surface area (Å²) in [4.78, 5) is 20.4. The molecule has 7 aromatic carbocycles. The summed E-state index contributed by atoms with van der Waals surface area (Å²) >= 11 is 0. The van der Waals surface area contributed by atoms with Crippen LogP contribution >= 0.6 is 0 Å². The van der Waals surface area contributed by atoms with Gasteiger partial charge in [0, 0.05) is 38.8 Å². The molecule has 0 aliphatic carbocycles. The predicted molar refractivity (Wildman–Crippen MR) is 223 cm³/mol. The van der Waals surface area contributed by atoms with Gasteiger partial charge in [-0.15, -0.1) is 0 Å². The molecule has 0 amide bonds. The largest absolute Gasteiger partial charge is 0.455 e. The van der Waals surface area contributed by atoms with Crippen molar-refractivity contribution >= 4 is 21.9 Å². The van der Waals surface area contributed by atoms with Gasteiger partial charge in [0.25, 0.3) is 0 Å². The van der Waals surface area contributed by atoms with E-state index >= 15 is 0 Å². The van der Waals surface area contributed by atoms with E-state index in [-0.39, 0.29) is 0 Å². The van der Waals surface area contributed by atoms with Crippen LogP contribution < -0.4 is 0 Å². The van der Waals surface area contributed by atoms with E-state index in [1.165, 1.54) is 0 Å². The van der Waals surface area contributed by atoms with Crippen molar-refractivity contribution < 1.29 is 4.42 Å². The highest BCUT2D eigenvalue weighted by Crippen LogP contribution is 2.47. The van der Waals surface area contributed by atoms with E-state index in [2.05, 4.69) is 115 Å². The van der Waals surface area contributed by atoms with E-state index in [0.29, 0.717) is 17.5 Å². The van der Waals surface area contributed by atoms with Gasteiger partial charge in [0.15, 0.2) is 17.5 Å². The van der Waals surface area contributed by atoms with Crippen LogP contribution in [0.5, 0.6) is 0 Å². The number of pyridine rings is 1. The van der Waals surface area contributed by atoms with Crippen LogP contribution in [0.3, 0.4) is 0 Å². The van der Waals surface area contributed by atoms with Crippen molar-refractivity contribution in [1.82, 2.24) is 19.9 Å². The van der Waals surface area contributed by atoms with Crippen LogP contribution in [-0.2, 0) is 0 Å². The lowest BCUT2D eigenvalue weighted by atomic mass is 9.94. The van der Waals surface area contributed by atoms with Crippen LogP contribution in [0.2, 0.25) is 0 Å². The number of fused-ring (bicyclic) bond motifs is 3. The van der Waals surface area contributed by atoms with Gasteiger partial charge in [-0.2, -0.15) is 0 Å². The lowest BCUT2D eigenvalue weighted by Gasteiger charge is -2.10. The molecule has 3 heterocycles. The number of hydrogen-bond donors (Lipinski definition) is 0. The Morgan fingerprint density at radius 1 is 0.327 bits per heavy atom. The Morgan fingerprint density at radius 2 is 0.782 bits per heavy atom. The Balaban J connectivity index is 1.17. The monoisotopic (exact) mass is 704 g/mol. The molecule has 0 unspecified atom stereocenters. The lowest BCUT2D eigenvalue weighted by molar-refractivity contribution is 0.636. The van der Waals surface area contributed by atoms with Gasteiger partial charge in [-0.1, -0.05) is 176 Å². The van der Waals surface area contributed by atoms with Crippen LogP contribution in [0.15, 0.2) is 199 Å². The summed E-state index contributed by atoms with van der Waals surface area (Å²) in [7, 11) is 0. The Labute approximate surface area is 318 Å². The van der Waals surface area contributed by atoms with Crippen molar-refractivity contribution in [2.45, 2.75) is 0 Å². The molecule has 0 saturated carbocycles. The number of nitrogens with zero attached hydrogens (tertiary/aromatic N) is 4. The predicted octanol–water partition coefficient (Wildman–Crippen LogP) is 12.8. The Hall–Kier alpha value is -7.50. The third-order valence-corrected chi connectivity index (χ3v) is 9.94. The maximum atomic E-state index is 7.05. The van der Waals surface area contributed by atoms with Gasteiger partial charge < -0.3 is 4.42 Å².